The average molecular weight is 223 g/mol. The van der Waals surface area contributed by atoms with E-state index in [1.165, 1.54) is 0 Å². The molecule has 0 aliphatic heterocycles. The predicted octanol–water partition coefficient (Wildman–Crippen LogP) is 0.890. The van der Waals surface area contributed by atoms with Crippen LogP contribution < -0.4 is 10.6 Å². The number of rotatable bonds is 6. The molecule has 5 heteroatoms. The van der Waals surface area contributed by atoms with Crippen molar-refractivity contribution in [2.45, 2.75) is 6.42 Å². The molecule has 0 saturated heterocycles. The van der Waals surface area contributed by atoms with E-state index in [2.05, 4.69) is 15.6 Å². The molecule has 16 heavy (non-hydrogen) atoms. The molecule has 1 rings (SSSR count). The van der Waals surface area contributed by atoms with Gasteiger partial charge in [-0.05, 0) is 18.6 Å². The third kappa shape index (κ3) is 3.86. The second kappa shape index (κ2) is 6.79. The van der Waals surface area contributed by atoms with Crippen molar-refractivity contribution in [3.05, 3.63) is 23.9 Å². The van der Waals surface area contributed by atoms with E-state index < -0.39 is 0 Å². The van der Waals surface area contributed by atoms with Gasteiger partial charge < -0.3 is 15.4 Å². The normalized spacial score (nSPS) is 9.88. The van der Waals surface area contributed by atoms with Crippen molar-refractivity contribution >= 4 is 11.7 Å². The fourth-order valence-electron chi connectivity index (χ4n) is 1.23. The van der Waals surface area contributed by atoms with E-state index in [0.717, 1.165) is 6.42 Å². The Morgan fingerprint density at radius 3 is 3.06 bits per heavy atom. The number of anilines is 1. The summed E-state index contributed by atoms with van der Waals surface area (Å²) in [7, 11) is 3.41. The topological polar surface area (TPSA) is 63.2 Å². The lowest BCUT2D eigenvalue weighted by atomic mass is 10.2. The molecule has 1 heterocycles. The zero-order chi connectivity index (χ0) is 11.8. The molecule has 1 amide bonds. The summed E-state index contributed by atoms with van der Waals surface area (Å²) >= 11 is 0. The van der Waals surface area contributed by atoms with Gasteiger partial charge in [-0.2, -0.15) is 0 Å². The van der Waals surface area contributed by atoms with Crippen molar-refractivity contribution in [2.75, 3.05) is 32.6 Å². The van der Waals surface area contributed by atoms with Crippen LogP contribution in [0.15, 0.2) is 18.3 Å². The number of carbonyl (C=O) groups excluding carboxylic acids is 1. The number of hydrogen-bond donors (Lipinski definition) is 2. The van der Waals surface area contributed by atoms with E-state index in [9.17, 15) is 4.79 Å². The van der Waals surface area contributed by atoms with Crippen LogP contribution in [0.25, 0.3) is 0 Å². The molecular formula is C11H17N3O2. The first-order chi connectivity index (χ1) is 7.77. The molecule has 0 aliphatic carbocycles. The van der Waals surface area contributed by atoms with Gasteiger partial charge in [-0.25, -0.2) is 4.98 Å². The van der Waals surface area contributed by atoms with Crippen LogP contribution >= 0.6 is 0 Å². The summed E-state index contributed by atoms with van der Waals surface area (Å²) in [5.74, 6) is 0.597. The van der Waals surface area contributed by atoms with Gasteiger partial charge in [0.2, 0.25) is 0 Å². The first kappa shape index (κ1) is 12.4. The van der Waals surface area contributed by atoms with E-state index in [0.29, 0.717) is 24.5 Å². The third-order valence-electron chi connectivity index (χ3n) is 2.09. The predicted molar refractivity (Wildman–Crippen MR) is 62.6 cm³/mol. The van der Waals surface area contributed by atoms with E-state index >= 15 is 0 Å². The number of methoxy groups -OCH3 is 1. The number of nitrogens with zero attached hydrogens (tertiary/aromatic N) is 1. The third-order valence-corrected chi connectivity index (χ3v) is 2.09. The van der Waals surface area contributed by atoms with Crippen molar-refractivity contribution in [1.29, 1.82) is 0 Å². The Balaban J connectivity index is 2.46. The molecule has 1 aromatic rings. The number of hydrogen-bond acceptors (Lipinski definition) is 4. The Morgan fingerprint density at radius 2 is 2.38 bits per heavy atom. The summed E-state index contributed by atoms with van der Waals surface area (Å²) in [4.78, 5) is 15.7. The van der Waals surface area contributed by atoms with Crippen LogP contribution in [0.3, 0.4) is 0 Å². The second-order valence-electron chi connectivity index (χ2n) is 3.28. The van der Waals surface area contributed by atoms with Crippen LogP contribution in [0.5, 0.6) is 0 Å². The first-order valence-electron chi connectivity index (χ1n) is 5.19. The Hall–Kier alpha value is -1.62. The van der Waals surface area contributed by atoms with Crippen LogP contribution in [0, 0.1) is 0 Å². The van der Waals surface area contributed by atoms with Crippen molar-refractivity contribution in [3.8, 4) is 0 Å². The molecule has 2 N–H and O–H groups in total. The van der Waals surface area contributed by atoms with Crippen molar-refractivity contribution in [3.63, 3.8) is 0 Å². The highest BCUT2D eigenvalue weighted by atomic mass is 16.5. The molecule has 0 unspecified atom stereocenters. The molecule has 0 saturated carbocycles. The van der Waals surface area contributed by atoms with Crippen molar-refractivity contribution < 1.29 is 9.53 Å². The van der Waals surface area contributed by atoms with Gasteiger partial charge in [0.05, 0.1) is 0 Å². The minimum atomic E-state index is -0.0880. The van der Waals surface area contributed by atoms with Gasteiger partial charge in [0.25, 0.3) is 5.91 Å². The number of pyridine rings is 1. The maximum Gasteiger partial charge on any atom is 0.251 e. The minimum absolute atomic E-state index is 0.0880. The molecule has 0 fully saturated rings. The lowest BCUT2D eigenvalue weighted by Crippen LogP contribution is -2.25. The van der Waals surface area contributed by atoms with Crippen LogP contribution in [0.1, 0.15) is 16.8 Å². The first-order valence-corrected chi connectivity index (χ1v) is 5.19. The number of aromatic nitrogens is 1. The summed E-state index contributed by atoms with van der Waals surface area (Å²) in [5, 5.41) is 5.70. The summed E-state index contributed by atoms with van der Waals surface area (Å²) < 4.78 is 4.89. The number of ether oxygens (including phenoxy) is 1. The number of carbonyl (C=O) groups is 1. The zero-order valence-electron chi connectivity index (χ0n) is 9.62. The quantitative estimate of drug-likeness (QED) is 0.703. The maximum absolute atomic E-state index is 11.7. The molecular weight excluding hydrogens is 206 g/mol. The van der Waals surface area contributed by atoms with Gasteiger partial charge in [0.15, 0.2) is 0 Å². The van der Waals surface area contributed by atoms with Gasteiger partial charge in [-0.3, -0.25) is 4.79 Å². The largest absolute Gasteiger partial charge is 0.385 e. The van der Waals surface area contributed by atoms with Crippen LogP contribution in [-0.2, 0) is 4.74 Å². The second-order valence-corrected chi connectivity index (χ2v) is 3.28. The maximum atomic E-state index is 11.7. The standard InChI is InChI=1S/C11H17N3O2/c1-12-10-8-9(4-6-13-10)11(15)14-5-3-7-16-2/h4,6,8H,3,5,7H2,1-2H3,(H,12,13)(H,14,15). The zero-order valence-corrected chi connectivity index (χ0v) is 9.62. The highest BCUT2D eigenvalue weighted by molar-refractivity contribution is 5.94. The van der Waals surface area contributed by atoms with E-state index in [4.69, 9.17) is 4.74 Å². The van der Waals surface area contributed by atoms with E-state index in [1.54, 1.807) is 32.5 Å². The molecule has 88 valence electrons. The van der Waals surface area contributed by atoms with Gasteiger partial charge in [0.1, 0.15) is 5.82 Å². The fraction of sp³-hybridized carbons (Fsp3) is 0.455. The SMILES string of the molecule is CNc1cc(C(=O)NCCCOC)ccn1. The van der Waals surface area contributed by atoms with Crippen LogP contribution in [-0.4, -0.2) is 38.2 Å². The monoisotopic (exact) mass is 223 g/mol. The Labute approximate surface area is 95.2 Å². The highest BCUT2D eigenvalue weighted by Gasteiger charge is 2.05. The van der Waals surface area contributed by atoms with E-state index in [-0.39, 0.29) is 5.91 Å². The minimum Gasteiger partial charge on any atom is -0.385 e. The Bertz CT molecular complexity index is 342. The molecule has 0 spiro atoms. The molecule has 5 nitrogen and oxygen atoms in total. The molecule has 0 aliphatic rings. The Kier molecular flexibility index (Phi) is 5.28. The summed E-state index contributed by atoms with van der Waals surface area (Å²) in [6.07, 6.45) is 2.42. The van der Waals surface area contributed by atoms with Crippen LogP contribution in [0.2, 0.25) is 0 Å². The van der Waals surface area contributed by atoms with E-state index in [1.807, 2.05) is 0 Å². The molecule has 1 aromatic heterocycles. The molecule has 0 aromatic carbocycles. The van der Waals surface area contributed by atoms with Gasteiger partial charge in [0, 0.05) is 39.1 Å². The fourth-order valence-corrected chi connectivity index (χ4v) is 1.23. The average Bonchev–Trinajstić information content (AvgIpc) is 2.34. The summed E-state index contributed by atoms with van der Waals surface area (Å²) in [6, 6.07) is 3.40. The molecule has 0 atom stereocenters. The van der Waals surface area contributed by atoms with Gasteiger partial charge in [-0.15, -0.1) is 0 Å². The lowest BCUT2D eigenvalue weighted by molar-refractivity contribution is 0.0948. The summed E-state index contributed by atoms with van der Waals surface area (Å²) in [5.41, 5.74) is 0.608. The highest BCUT2D eigenvalue weighted by Crippen LogP contribution is 2.05. The van der Waals surface area contributed by atoms with Crippen LogP contribution in [0.4, 0.5) is 5.82 Å². The lowest BCUT2D eigenvalue weighted by Gasteiger charge is -2.05. The van der Waals surface area contributed by atoms with Crippen molar-refractivity contribution in [2.24, 2.45) is 0 Å². The summed E-state index contributed by atoms with van der Waals surface area (Å²) in [6.45, 7) is 1.27. The van der Waals surface area contributed by atoms with Crippen molar-refractivity contribution in [1.82, 2.24) is 10.3 Å². The Morgan fingerprint density at radius 1 is 1.56 bits per heavy atom. The molecule has 0 bridgehead atoms. The molecule has 0 radical (unpaired) electrons. The van der Waals surface area contributed by atoms with Gasteiger partial charge >= 0.3 is 0 Å². The smallest absolute Gasteiger partial charge is 0.251 e. The number of amides is 1. The van der Waals surface area contributed by atoms with Gasteiger partial charge in [-0.1, -0.05) is 0 Å². The number of nitrogens with one attached hydrogen (secondary N) is 2.